The van der Waals surface area contributed by atoms with Crippen molar-refractivity contribution in [2.75, 3.05) is 27.2 Å². The van der Waals surface area contributed by atoms with Gasteiger partial charge in [-0.25, -0.2) is 10.0 Å². The van der Waals surface area contributed by atoms with Gasteiger partial charge in [0.25, 0.3) is 5.69 Å². The smallest absolute Gasteiger partial charge is 0.258 e. The second-order valence-corrected chi connectivity index (χ2v) is 5.31. The number of non-ortho nitro benzene ring substituents is 1. The van der Waals surface area contributed by atoms with Crippen molar-refractivity contribution in [2.24, 2.45) is 0 Å². The summed E-state index contributed by atoms with van der Waals surface area (Å²) in [6, 6.07) is 6.96. The van der Waals surface area contributed by atoms with Crippen molar-refractivity contribution in [3.8, 4) is 0 Å². The van der Waals surface area contributed by atoms with Crippen LogP contribution in [0, 0.1) is 10.1 Å². The first kappa shape index (κ1) is 13.0. The van der Waals surface area contributed by atoms with Crippen LogP contribution in [0.5, 0.6) is 0 Å². The first-order chi connectivity index (χ1) is 8.42. The zero-order valence-corrected chi connectivity index (χ0v) is 11.1. The summed E-state index contributed by atoms with van der Waals surface area (Å²) in [7, 11) is 4.15. The number of nitro groups is 1. The summed E-state index contributed by atoms with van der Waals surface area (Å²) in [6.07, 6.45) is 1.06. The van der Waals surface area contributed by atoms with E-state index in [0.717, 1.165) is 19.5 Å². The van der Waals surface area contributed by atoms with Gasteiger partial charge in [-0.1, -0.05) is 19.1 Å². The van der Waals surface area contributed by atoms with Crippen LogP contribution in [0.2, 0.25) is 0 Å². The zero-order valence-electron chi connectivity index (χ0n) is 11.1. The first-order valence-electron chi connectivity index (χ1n) is 6.09. The summed E-state index contributed by atoms with van der Waals surface area (Å²) in [5, 5.41) is 15.1. The molecule has 18 heavy (non-hydrogen) atoms. The van der Waals surface area contributed by atoms with Gasteiger partial charge in [0.15, 0.2) is 0 Å². The normalized spacial score (nSPS) is 26.2. The van der Waals surface area contributed by atoms with Crippen molar-refractivity contribution in [2.45, 2.75) is 18.8 Å². The lowest BCUT2D eigenvalue weighted by atomic mass is 9.78. The van der Waals surface area contributed by atoms with Crippen LogP contribution in [-0.4, -0.2) is 42.1 Å². The van der Waals surface area contributed by atoms with Crippen molar-refractivity contribution >= 4 is 5.69 Å². The minimum absolute atomic E-state index is 0.0659. The number of hydrazine groups is 1. The van der Waals surface area contributed by atoms with E-state index in [-0.39, 0.29) is 16.0 Å². The van der Waals surface area contributed by atoms with Gasteiger partial charge < -0.3 is 0 Å². The molecule has 1 aromatic carbocycles. The summed E-state index contributed by atoms with van der Waals surface area (Å²) in [5.74, 6) is 0. The Bertz CT molecular complexity index is 446. The molecule has 1 heterocycles. The fourth-order valence-corrected chi connectivity index (χ4v) is 2.51. The highest BCUT2D eigenvalue weighted by molar-refractivity contribution is 5.36. The summed E-state index contributed by atoms with van der Waals surface area (Å²) in [4.78, 5) is 10.3. The van der Waals surface area contributed by atoms with E-state index in [1.165, 1.54) is 5.56 Å². The van der Waals surface area contributed by atoms with E-state index in [0.29, 0.717) is 0 Å². The maximum absolute atomic E-state index is 10.7. The number of nitro benzene ring substituents is 1. The molecule has 0 amide bonds. The molecule has 2 rings (SSSR count). The van der Waals surface area contributed by atoms with Crippen LogP contribution in [0.3, 0.4) is 0 Å². The summed E-state index contributed by atoms with van der Waals surface area (Å²) in [6.45, 7) is 4.16. The standard InChI is InChI=1S/C13H19N3O2/c1-13(8-9-14(2)15(3)10-13)11-4-6-12(7-5-11)16(17)18/h4-7H,8-10H2,1-3H3. The zero-order chi connectivity index (χ0) is 13.3. The largest absolute Gasteiger partial charge is 0.269 e. The van der Waals surface area contributed by atoms with Crippen LogP contribution < -0.4 is 0 Å². The predicted molar refractivity (Wildman–Crippen MR) is 70.3 cm³/mol. The Morgan fingerprint density at radius 1 is 1.22 bits per heavy atom. The highest BCUT2D eigenvalue weighted by Crippen LogP contribution is 2.33. The minimum Gasteiger partial charge on any atom is -0.258 e. The average Bonchev–Trinajstić information content (AvgIpc) is 2.34. The van der Waals surface area contributed by atoms with E-state index in [1.54, 1.807) is 12.1 Å². The van der Waals surface area contributed by atoms with Crippen molar-refractivity contribution < 1.29 is 4.92 Å². The summed E-state index contributed by atoms with van der Waals surface area (Å²) in [5.41, 5.74) is 1.40. The number of benzene rings is 1. The van der Waals surface area contributed by atoms with Gasteiger partial charge in [0.1, 0.15) is 0 Å². The number of nitrogens with zero attached hydrogens (tertiary/aromatic N) is 3. The topological polar surface area (TPSA) is 49.6 Å². The van der Waals surface area contributed by atoms with Crippen molar-refractivity contribution in [3.63, 3.8) is 0 Å². The third-order valence-electron chi connectivity index (χ3n) is 3.92. The Morgan fingerprint density at radius 3 is 2.33 bits per heavy atom. The maximum Gasteiger partial charge on any atom is 0.269 e. The average molecular weight is 249 g/mol. The first-order valence-corrected chi connectivity index (χ1v) is 6.09. The van der Waals surface area contributed by atoms with Gasteiger partial charge in [-0.2, -0.15) is 0 Å². The molecular formula is C13H19N3O2. The van der Waals surface area contributed by atoms with E-state index in [1.807, 2.05) is 12.1 Å². The number of likely N-dealkylation sites (N-methyl/N-ethyl adjacent to an activating group) is 1. The molecule has 0 aromatic heterocycles. The number of hydrogen-bond acceptors (Lipinski definition) is 4. The van der Waals surface area contributed by atoms with Crippen LogP contribution in [0.1, 0.15) is 18.9 Å². The summed E-state index contributed by atoms with van der Waals surface area (Å²) < 4.78 is 0. The Kier molecular flexibility index (Phi) is 3.36. The maximum atomic E-state index is 10.7. The molecule has 1 atom stereocenters. The molecule has 0 aliphatic carbocycles. The van der Waals surface area contributed by atoms with Gasteiger partial charge in [-0.3, -0.25) is 10.1 Å². The minimum atomic E-state index is -0.354. The molecule has 1 aromatic rings. The van der Waals surface area contributed by atoms with Gasteiger partial charge >= 0.3 is 0 Å². The van der Waals surface area contributed by atoms with Crippen LogP contribution in [0.25, 0.3) is 0 Å². The fraction of sp³-hybridized carbons (Fsp3) is 0.538. The van der Waals surface area contributed by atoms with Crippen molar-refractivity contribution in [1.29, 1.82) is 0 Å². The second kappa shape index (κ2) is 4.66. The molecule has 0 radical (unpaired) electrons. The number of hydrogen-bond donors (Lipinski definition) is 0. The van der Waals surface area contributed by atoms with Crippen LogP contribution >= 0.6 is 0 Å². The highest BCUT2D eigenvalue weighted by atomic mass is 16.6. The van der Waals surface area contributed by atoms with Crippen LogP contribution in [0.4, 0.5) is 5.69 Å². The third kappa shape index (κ3) is 2.37. The highest BCUT2D eigenvalue weighted by Gasteiger charge is 2.33. The Hall–Kier alpha value is -1.46. The molecular weight excluding hydrogens is 230 g/mol. The SMILES string of the molecule is CN1CCC(C)(c2ccc([N+](=O)[O-])cc2)CN1C. The molecule has 98 valence electrons. The fourth-order valence-electron chi connectivity index (χ4n) is 2.51. The van der Waals surface area contributed by atoms with Crippen LogP contribution in [0.15, 0.2) is 24.3 Å². The predicted octanol–water partition coefficient (Wildman–Crippen LogP) is 2.03. The van der Waals surface area contributed by atoms with Crippen LogP contribution in [-0.2, 0) is 5.41 Å². The molecule has 0 saturated carbocycles. The lowest BCUT2D eigenvalue weighted by Crippen LogP contribution is -2.51. The Labute approximate surface area is 107 Å². The van der Waals surface area contributed by atoms with Gasteiger partial charge in [0, 0.05) is 44.7 Å². The van der Waals surface area contributed by atoms with Gasteiger partial charge in [0.2, 0.25) is 0 Å². The van der Waals surface area contributed by atoms with E-state index in [2.05, 4.69) is 31.0 Å². The van der Waals surface area contributed by atoms with Gasteiger partial charge in [-0.05, 0) is 12.0 Å². The quantitative estimate of drug-likeness (QED) is 0.594. The van der Waals surface area contributed by atoms with E-state index < -0.39 is 0 Å². The van der Waals surface area contributed by atoms with E-state index >= 15 is 0 Å². The van der Waals surface area contributed by atoms with E-state index in [4.69, 9.17) is 0 Å². The number of rotatable bonds is 2. The molecule has 0 spiro atoms. The lowest BCUT2D eigenvalue weighted by Gasteiger charge is -2.44. The third-order valence-corrected chi connectivity index (χ3v) is 3.92. The summed E-state index contributed by atoms with van der Waals surface area (Å²) >= 11 is 0. The monoisotopic (exact) mass is 249 g/mol. The van der Waals surface area contributed by atoms with Crippen molar-refractivity contribution in [1.82, 2.24) is 10.0 Å². The molecule has 5 heteroatoms. The molecule has 0 bridgehead atoms. The molecule has 1 saturated heterocycles. The second-order valence-electron chi connectivity index (χ2n) is 5.31. The van der Waals surface area contributed by atoms with Gasteiger partial charge in [0.05, 0.1) is 4.92 Å². The molecule has 1 aliphatic rings. The van der Waals surface area contributed by atoms with E-state index in [9.17, 15) is 10.1 Å². The Balaban J connectivity index is 2.22. The molecule has 5 nitrogen and oxygen atoms in total. The van der Waals surface area contributed by atoms with Crippen molar-refractivity contribution in [3.05, 3.63) is 39.9 Å². The Morgan fingerprint density at radius 2 is 1.83 bits per heavy atom. The lowest BCUT2D eigenvalue weighted by molar-refractivity contribution is -0.384. The molecule has 1 fully saturated rings. The molecule has 0 N–H and O–H groups in total. The molecule has 1 unspecified atom stereocenters. The molecule has 1 aliphatic heterocycles. The van der Waals surface area contributed by atoms with Gasteiger partial charge in [-0.15, -0.1) is 0 Å².